The van der Waals surface area contributed by atoms with Gasteiger partial charge in [0.25, 0.3) is 5.56 Å². The number of H-pyrrole nitrogens is 1. The second-order valence-corrected chi connectivity index (χ2v) is 7.39. The standard InChI is InChI=1S/C19H13ClN4O3S/c1-10-14-17(25)22-16(23-18(14)28-15(10)19(26)27)13(20)7-11-8-21-24(9-11)12-5-3-2-4-6-12/h2-9H,1H3,(H,26,27)(H,22,23,25)/p-1/b13-7-. The van der Waals surface area contributed by atoms with E-state index in [1.165, 1.54) is 0 Å². The number of aromatic amines is 1. The molecule has 9 heteroatoms. The number of hydrogen-bond acceptors (Lipinski definition) is 6. The van der Waals surface area contributed by atoms with Crippen LogP contribution in [0.1, 0.15) is 26.6 Å². The van der Waals surface area contributed by atoms with Crippen molar-refractivity contribution in [3.8, 4) is 5.69 Å². The number of benzene rings is 1. The van der Waals surface area contributed by atoms with E-state index in [9.17, 15) is 14.7 Å². The number of carboxylic acids is 1. The average molecular weight is 412 g/mol. The summed E-state index contributed by atoms with van der Waals surface area (Å²) in [5.41, 5.74) is 1.50. The van der Waals surface area contributed by atoms with Gasteiger partial charge in [-0.2, -0.15) is 5.10 Å². The molecule has 0 unspecified atom stereocenters. The minimum absolute atomic E-state index is 0.0191. The Kier molecular flexibility index (Phi) is 4.58. The van der Waals surface area contributed by atoms with E-state index in [2.05, 4.69) is 15.1 Å². The highest BCUT2D eigenvalue weighted by atomic mass is 35.5. The molecule has 4 rings (SSSR count). The largest absolute Gasteiger partial charge is 0.544 e. The summed E-state index contributed by atoms with van der Waals surface area (Å²) in [6.07, 6.45) is 5.05. The lowest BCUT2D eigenvalue weighted by Gasteiger charge is -2.00. The van der Waals surface area contributed by atoms with Crippen LogP contribution in [0.15, 0.2) is 47.5 Å². The van der Waals surface area contributed by atoms with E-state index in [0.29, 0.717) is 10.4 Å². The van der Waals surface area contributed by atoms with Gasteiger partial charge in [-0.3, -0.25) is 4.79 Å². The smallest absolute Gasteiger partial charge is 0.260 e. The molecule has 0 saturated heterocycles. The molecule has 7 nitrogen and oxygen atoms in total. The lowest BCUT2D eigenvalue weighted by molar-refractivity contribution is -0.254. The molecule has 0 fully saturated rings. The third kappa shape index (κ3) is 3.23. The Morgan fingerprint density at radius 2 is 2.07 bits per heavy atom. The van der Waals surface area contributed by atoms with Crippen LogP contribution in [0.25, 0.3) is 27.0 Å². The van der Waals surface area contributed by atoms with Gasteiger partial charge in [-0.15, -0.1) is 11.3 Å². The van der Waals surface area contributed by atoms with Crippen LogP contribution in [-0.4, -0.2) is 25.7 Å². The maximum Gasteiger partial charge on any atom is 0.260 e. The maximum atomic E-state index is 12.4. The van der Waals surface area contributed by atoms with Crippen molar-refractivity contribution in [1.82, 2.24) is 19.7 Å². The molecule has 4 aromatic rings. The monoisotopic (exact) mass is 411 g/mol. The van der Waals surface area contributed by atoms with Crippen LogP contribution >= 0.6 is 22.9 Å². The summed E-state index contributed by atoms with van der Waals surface area (Å²) in [7, 11) is 0. The van der Waals surface area contributed by atoms with E-state index in [1.54, 1.807) is 30.1 Å². The molecule has 28 heavy (non-hydrogen) atoms. The van der Waals surface area contributed by atoms with Gasteiger partial charge < -0.3 is 14.9 Å². The number of aromatic nitrogens is 4. The Hall–Kier alpha value is -3.23. The number of fused-ring (bicyclic) bond motifs is 1. The van der Waals surface area contributed by atoms with E-state index < -0.39 is 11.5 Å². The van der Waals surface area contributed by atoms with Crippen LogP contribution < -0.4 is 10.7 Å². The first-order chi connectivity index (χ1) is 13.4. The molecule has 0 radical (unpaired) electrons. The van der Waals surface area contributed by atoms with E-state index in [0.717, 1.165) is 22.6 Å². The Balaban J connectivity index is 1.73. The summed E-state index contributed by atoms with van der Waals surface area (Å²) in [4.78, 5) is 30.8. The minimum Gasteiger partial charge on any atom is -0.544 e. The normalized spacial score (nSPS) is 11.9. The fourth-order valence-corrected chi connectivity index (χ4v) is 4.03. The molecule has 3 aromatic heterocycles. The minimum atomic E-state index is -1.34. The number of hydrogen-bond donors (Lipinski definition) is 1. The third-order valence-corrected chi connectivity index (χ3v) is 5.58. The number of carbonyl (C=O) groups excluding carboxylic acids is 1. The number of halogens is 1. The van der Waals surface area contributed by atoms with Crippen molar-refractivity contribution in [3.63, 3.8) is 0 Å². The van der Waals surface area contributed by atoms with Crippen LogP contribution in [0, 0.1) is 6.92 Å². The molecule has 0 bridgehead atoms. The summed E-state index contributed by atoms with van der Waals surface area (Å²) >= 11 is 7.23. The Bertz CT molecular complexity index is 1290. The number of aromatic carboxylic acids is 1. The van der Waals surface area contributed by atoms with Gasteiger partial charge in [0, 0.05) is 11.8 Å². The SMILES string of the molecule is Cc1c(C(=O)[O-])sc2nc(/C(Cl)=C/c3cnn(-c4ccccc4)c3)[nH]c(=O)c12. The van der Waals surface area contributed by atoms with Crippen molar-refractivity contribution in [2.24, 2.45) is 0 Å². The topological polar surface area (TPSA) is 104 Å². The highest BCUT2D eigenvalue weighted by Gasteiger charge is 2.16. The molecule has 0 atom stereocenters. The molecule has 1 N–H and O–H groups in total. The maximum absolute atomic E-state index is 12.4. The summed E-state index contributed by atoms with van der Waals surface area (Å²) < 4.78 is 1.70. The van der Waals surface area contributed by atoms with Gasteiger partial charge in [-0.25, -0.2) is 9.67 Å². The Morgan fingerprint density at radius 1 is 1.32 bits per heavy atom. The molecular formula is C19H12ClN4O3S-. The van der Waals surface area contributed by atoms with Gasteiger partial charge in [0.05, 0.1) is 33.1 Å². The highest BCUT2D eigenvalue weighted by Crippen LogP contribution is 2.28. The second-order valence-electron chi connectivity index (χ2n) is 5.98. The fraction of sp³-hybridized carbons (Fsp3) is 0.0526. The van der Waals surface area contributed by atoms with Gasteiger partial charge in [-0.05, 0) is 30.7 Å². The van der Waals surface area contributed by atoms with Crippen LogP contribution in [0.2, 0.25) is 0 Å². The van der Waals surface area contributed by atoms with Gasteiger partial charge in [0.15, 0.2) is 5.82 Å². The zero-order valence-corrected chi connectivity index (χ0v) is 16.0. The average Bonchev–Trinajstić information content (AvgIpc) is 3.27. The predicted octanol–water partition coefficient (Wildman–Crippen LogP) is 2.58. The van der Waals surface area contributed by atoms with Crippen LogP contribution in [-0.2, 0) is 0 Å². The third-order valence-electron chi connectivity index (χ3n) is 4.13. The number of nitrogens with zero attached hydrogens (tertiary/aromatic N) is 3. The van der Waals surface area contributed by atoms with Crippen LogP contribution in [0.4, 0.5) is 0 Å². The highest BCUT2D eigenvalue weighted by molar-refractivity contribution is 7.20. The van der Waals surface area contributed by atoms with Gasteiger partial charge in [0.1, 0.15) is 4.83 Å². The first-order valence-electron chi connectivity index (χ1n) is 8.16. The van der Waals surface area contributed by atoms with Gasteiger partial charge >= 0.3 is 0 Å². The fourth-order valence-electron chi connectivity index (χ4n) is 2.80. The number of rotatable bonds is 4. The summed E-state index contributed by atoms with van der Waals surface area (Å²) in [6.45, 7) is 1.55. The number of carboxylic acid groups (broad SMARTS) is 1. The molecule has 0 amide bonds. The molecule has 0 saturated carbocycles. The number of thiophene rings is 1. The summed E-state index contributed by atoms with van der Waals surface area (Å²) in [5, 5.41) is 15.9. The van der Waals surface area contributed by atoms with Gasteiger partial charge in [-0.1, -0.05) is 29.8 Å². The number of nitrogens with one attached hydrogen (secondary N) is 1. The summed E-state index contributed by atoms with van der Waals surface area (Å²) in [5.74, 6) is -1.19. The molecule has 1 aromatic carbocycles. The predicted molar refractivity (Wildman–Crippen MR) is 107 cm³/mol. The molecule has 0 spiro atoms. The number of para-hydroxylation sites is 1. The molecule has 0 aliphatic carbocycles. The van der Waals surface area contributed by atoms with E-state index >= 15 is 0 Å². The van der Waals surface area contributed by atoms with E-state index in [4.69, 9.17) is 11.6 Å². The molecular weight excluding hydrogens is 400 g/mol. The van der Waals surface area contributed by atoms with Crippen molar-refractivity contribution >= 4 is 50.2 Å². The number of aryl methyl sites for hydroxylation is 1. The Labute approximate surface area is 167 Å². The number of carbonyl (C=O) groups is 1. The molecule has 0 aliphatic heterocycles. The van der Waals surface area contributed by atoms with Crippen LogP contribution in [0.3, 0.4) is 0 Å². The zero-order chi connectivity index (χ0) is 19.8. The quantitative estimate of drug-likeness (QED) is 0.555. The molecule has 3 heterocycles. The van der Waals surface area contributed by atoms with Crippen molar-refractivity contribution in [2.45, 2.75) is 6.92 Å². The Morgan fingerprint density at radius 3 is 2.79 bits per heavy atom. The molecule has 0 aliphatic rings. The van der Waals surface area contributed by atoms with Crippen molar-refractivity contribution < 1.29 is 9.90 Å². The molecule has 140 valence electrons. The van der Waals surface area contributed by atoms with Crippen molar-refractivity contribution in [3.05, 3.63) is 74.9 Å². The van der Waals surface area contributed by atoms with E-state index in [1.807, 2.05) is 30.3 Å². The summed E-state index contributed by atoms with van der Waals surface area (Å²) in [6, 6.07) is 9.58. The first kappa shape index (κ1) is 18.1. The van der Waals surface area contributed by atoms with Crippen molar-refractivity contribution in [2.75, 3.05) is 0 Å². The second kappa shape index (κ2) is 7.06. The lowest BCUT2D eigenvalue weighted by atomic mass is 10.2. The lowest BCUT2D eigenvalue weighted by Crippen LogP contribution is -2.21. The van der Waals surface area contributed by atoms with Gasteiger partial charge in [0.2, 0.25) is 0 Å². The van der Waals surface area contributed by atoms with Crippen LogP contribution in [0.5, 0.6) is 0 Å². The van der Waals surface area contributed by atoms with Crippen molar-refractivity contribution in [1.29, 1.82) is 0 Å². The van der Waals surface area contributed by atoms with E-state index in [-0.39, 0.29) is 21.1 Å². The zero-order valence-electron chi connectivity index (χ0n) is 14.5. The first-order valence-corrected chi connectivity index (χ1v) is 9.36.